The summed E-state index contributed by atoms with van der Waals surface area (Å²) in [4.78, 5) is 3.77. The molecule has 0 saturated carbocycles. The van der Waals surface area contributed by atoms with Crippen LogP contribution in [0, 0.1) is 6.92 Å². The average Bonchev–Trinajstić information content (AvgIpc) is 1.91. The van der Waals surface area contributed by atoms with Gasteiger partial charge in [-0.1, -0.05) is 17.9 Å². The summed E-state index contributed by atoms with van der Waals surface area (Å²) >= 11 is 0. The molecule has 0 aliphatic rings. The minimum Gasteiger partial charge on any atom is -0.449 e. The molecule has 0 N–H and O–H groups in total. The quantitative estimate of drug-likeness (QED) is 0.626. The van der Waals surface area contributed by atoms with Gasteiger partial charge >= 0.3 is 6.98 Å². The van der Waals surface area contributed by atoms with Crippen LogP contribution in [0.3, 0.4) is 0 Å². The Morgan fingerprint density at radius 1 is 1.33 bits per heavy atom. The van der Waals surface area contributed by atoms with E-state index in [-0.39, 0.29) is 5.56 Å². The Hall–Kier alpha value is -0.995. The summed E-state index contributed by atoms with van der Waals surface area (Å²) in [7, 11) is 0. The van der Waals surface area contributed by atoms with E-state index < -0.39 is 13.3 Å². The molecule has 0 aromatic carbocycles. The molecular formula is C7H8BF3N-. The second kappa shape index (κ2) is 3.17. The molecule has 0 aliphatic heterocycles. The Morgan fingerprint density at radius 2 is 2.00 bits per heavy atom. The van der Waals surface area contributed by atoms with E-state index in [2.05, 4.69) is 4.98 Å². The van der Waals surface area contributed by atoms with E-state index in [1.54, 1.807) is 13.0 Å². The summed E-state index contributed by atoms with van der Waals surface area (Å²) in [6.45, 7) is -2.99. The third-order valence-electron chi connectivity index (χ3n) is 1.44. The molecule has 0 atom stereocenters. The molecule has 0 bridgehead atoms. The highest BCUT2D eigenvalue weighted by Gasteiger charge is 2.22. The molecule has 0 spiro atoms. The second-order valence-corrected chi connectivity index (χ2v) is 2.72. The Kier molecular flexibility index (Phi) is 2.40. The summed E-state index contributed by atoms with van der Waals surface area (Å²) in [6, 6.07) is 3.04. The van der Waals surface area contributed by atoms with Gasteiger partial charge in [0.15, 0.2) is 0 Å². The van der Waals surface area contributed by atoms with E-state index in [4.69, 9.17) is 0 Å². The maximum absolute atomic E-state index is 11.9. The van der Waals surface area contributed by atoms with Crippen LogP contribution >= 0.6 is 0 Å². The summed E-state index contributed by atoms with van der Waals surface area (Å²) < 4.78 is 35.6. The zero-order valence-electron chi connectivity index (χ0n) is 6.60. The minimum atomic E-state index is -4.73. The van der Waals surface area contributed by atoms with Crippen molar-refractivity contribution in [3.8, 4) is 0 Å². The van der Waals surface area contributed by atoms with Gasteiger partial charge in [0, 0.05) is 11.9 Å². The zero-order chi connectivity index (χ0) is 9.19. The third-order valence-corrected chi connectivity index (χ3v) is 1.44. The summed E-state index contributed by atoms with van der Waals surface area (Å²) in [5.41, 5.74) is 0.960. The number of hydrogen-bond donors (Lipinski definition) is 0. The van der Waals surface area contributed by atoms with Gasteiger partial charge in [-0.05, 0) is 13.0 Å². The van der Waals surface area contributed by atoms with Crippen molar-refractivity contribution >= 4 is 6.98 Å². The van der Waals surface area contributed by atoms with Crippen molar-refractivity contribution in [1.82, 2.24) is 4.98 Å². The Bertz CT molecular complexity index is 254. The highest BCUT2D eigenvalue weighted by molar-refractivity contribution is 6.57. The Labute approximate surface area is 68.7 Å². The van der Waals surface area contributed by atoms with Gasteiger partial charge in [0.2, 0.25) is 0 Å². The first-order valence-corrected chi connectivity index (χ1v) is 3.60. The van der Waals surface area contributed by atoms with Gasteiger partial charge in [-0.2, -0.15) is 0 Å². The predicted octanol–water partition coefficient (Wildman–Crippen LogP) is 2.32. The van der Waals surface area contributed by atoms with Crippen molar-refractivity contribution < 1.29 is 12.9 Å². The zero-order valence-corrected chi connectivity index (χ0v) is 6.60. The lowest BCUT2D eigenvalue weighted by molar-refractivity contribution is 0.468. The fourth-order valence-corrected chi connectivity index (χ4v) is 0.886. The lowest BCUT2D eigenvalue weighted by Crippen LogP contribution is -2.19. The van der Waals surface area contributed by atoms with Crippen LogP contribution in [0.5, 0.6) is 0 Å². The average molecular weight is 174 g/mol. The standard InChI is InChI=1S/C7H8BF3N/c1-6-2-3-7(5-12-6)4-8(9,10)11/h2-3,5H,4H2,1H3/q-1. The van der Waals surface area contributed by atoms with Crippen LogP contribution in [0.25, 0.3) is 0 Å². The number of aromatic nitrogens is 1. The molecule has 1 heterocycles. The lowest BCUT2D eigenvalue weighted by Gasteiger charge is -2.12. The molecule has 1 aromatic rings. The first-order chi connectivity index (χ1) is 5.47. The molecule has 0 radical (unpaired) electrons. The molecule has 66 valence electrons. The van der Waals surface area contributed by atoms with E-state index in [0.29, 0.717) is 0 Å². The molecule has 0 saturated heterocycles. The fraction of sp³-hybridized carbons (Fsp3) is 0.286. The maximum atomic E-state index is 11.9. The van der Waals surface area contributed by atoms with E-state index in [0.717, 1.165) is 5.69 Å². The van der Waals surface area contributed by atoms with Crippen LogP contribution in [-0.4, -0.2) is 12.0 Å². The molecule has 1 nitrogen and oxygen atoms in total. The van der Waals surface area contributed by atoms with Crippen molar-refractivity contribution in [2.75, 3.05) is 0 Å². The number of aryl methyl sites for hydroxylation is 1. The molecule has 0 amide bonds. The van der Waals surface area contributed by atoms with Crippen LogP contribution < -0.4 is 0 Å². The van der Waals surface area contributed by atoms with E-state index in [1.807, 2.05) is 0 Å². The normalized spacial score (nSPS) is 11.7. The molecular weight excluding hydrogens is 166 g/mol. The van der Waals surface area contributed by atoms with Crippen molar-refractivity contribution in [1.29, 1.82) is 0 Å². The summed E-state index contributed by atoms with van der Waals surface area (Å²) in [5, 5.41) is 0. The maximum Gasteiger partial charge on any atom is 0.482 e. The fourth-order valence-electron chi connectivity index (χ4n) is 0.886. The Balaban J connectivity index is 2.71. The third kappa shape index (κ3) is 2.94. The number of halogens is 3. The van der Waals surface area contributed by atoms with E-state index in [1.165, 1.54) is 12.3 Å². The first kappa shape index (κ1) is 9.10. The second-order valence-electron chi connectivity index (χ2n) is 2.72. The number of rotatable bonds is 2. The van der Waals surface area contributed by atoms with Crippen molar-refractivity contribution in [2.45, 2.75) is 13.2 Å². The monoisotopic (exact) mass is 174 g/mol. The van der Waals surface area contributed by atoms with Gasteiger partial charge in [-0.3, -0.25) is 4.98 Å². The van der Waals surface area contributed by atoms with Gasteiger partial charge in [0.1, 0.15) is 0 Å². The van der Waals surface area contributed by atoms with Gasteiger partial charge in [0.25, 0.3) is 0 Å². The lowest BCUT2D eigenvalue weighted by atomic mass is 9.82. The van der Waals surface area contributed by atoms with Gasteiger partial charge < -0.3 is 12.9 Å². The number of nitrogens with zero attached hydrogens (tertiary/aromatic N) is 1. The van der Waals surface area contributed by atoms with E-state index in [9.17, 15) is 12.9 Å². The molecule has 0 aliphatic carbocycles. The summed E-state index contributed by atoms with van der Waals surface area (Å²) in [6.07, 6.45) is 0.428. The predicted molar refractivity (Wildman–Crippen MR) is 41.8 cm³/mol. The number of pyridine rings is 1. The molecule has 12 heavy (non-hydrogen) atoms. The van der Waals surface area contributed by atoms with Crippen LogP contribution in [0.2, 0.25) is 0 Å². The van der Waals surface area contributed by atoms with Crippen LogP contribution in [0.15, 0.2) is 18.3 Å². The molecule has 1 aromatic heterocycles. The van der Waals surface area contributed by atoms with Crippen molar-refractivity contribution in [2.24, 2.45) is 0 Å². The van der Waals surface area contributed by atoms with Gasteiger partial charge in [0.05, 0.1) is 0 Å². The van der Waals surface area contributed by atoms with E-state index >= 15 is 0 Å². The largest absolute Gasteiger partial charge is 0.482 e. The molecule has 0 fully saturated rings. The number of hydrogen-bond acceptors (Lipinski definition) is 1. The topological polar surface area (TPSA) is 12.9 Å². The van der Waals surface area contributed by atoms with Crippen molar-refractivity contribution in [3.63, 3.8) is 0 Å². The van der Waals surface area contributed by atoms with Crippen LogP contribution in [-0.2, 0) is 6.32 Å². The van der Waals surface area contributed by atoms with Crippen LogP contribution in [0.1, 0.15) is 11.3 Å². The van der Waals surface area contributed by atoms with Gasteiger partial charge in [-0.25, -0.2) is 0 Å². The Morgan fingerprint density at radius 3 is 2.42 bits per heavy atom. The highest BCUT2D eigenvalue weighted by atomic mass is 19.4. The smallest absolute Gasteiger partial charge is 0.449 e. The van der Waals surface area contributed by atoms with Crippen molar-refractivity contribution in [3.05, 3.63) is 29.6 Å². The van der Waals surface area contributed by atoms with Gasteiger partial charge in [-0.15, -0.1) is 0 Å². The first-order valence-electron chi connectivity index (χ1n) is 3.60. The summed E-state index contributed by atoms with van der Waals surface area (Å²) in [5.74, 6) is 0. The molecule has 1 rings (SSSR count). The SMILES string of the molecule is Cc1ccc(C[B-](F)(F)F)cn1. The minimum absolute atomic E-state index is 0.230. The molecule has 0 unspecified atom stereocenters. The van der Waals surface area contributed by atoms with Crippen LogP contribution in [0.4, 0.5) is 12.9 Å². The molecule has 5 heteroatoms. The highest BCUT2D eigenvalue weighted by Crippen LogP contribution is 2.15.